The number of carbonyl (C=O) groups excluding carboxylic acids is 2. The zero-order valence-electron chi connectivity index (χ0n) is 12.4. The van der Waals surface area contributed by atoms with Crippen molar-refractivity contribution in [3.8, 4) is 0 Å². The fraction of sp³-hybridized carbons (Fsp3) is 0.500. The number of rotatable bonds is 6. The molecule has 114 valence electrons. The minimum absolute atomic E-state index is 0.000209. The molecule has 4 nitrogen and oxygen atoms in total. The minimum Gasteiger partial charge on any atom is -0.354 e. The lowest BCUT2D eigenvalue weighted by atomic mass is 9.95. The van der Waals surface area contributed by atoms with Crippen LogP contribution in [-0.4, -0.2) is 24.9 Å². The molecule has 1 aliphatic carbocycles. The average Bonchev–Trinajstić information content (AvgIpc) is 3.24. The molecule has 0 radical (unpaired) electrons. The summed E-state index contributed by atoms with van der Waals surface area (Å²) in [6.45, 7) is 4.58. The standard InChI is InChI=1S/C16H21ClN2O2/c1-11(2)14(20)18-8-9-19-15(21)16(6-7-16)12-4-3-5-13(17)10-12/h3-5,10-11H,6-9H2,1-2H3,(H,18,20)(H,19,21). The second kappa shape index (κ2) is 6.48. The maximum absolute atomic E-state index is 12.4. The number of benzene rings is 1. The van der Waals surface area contributed by atoms with E-state index in [0.717, 1.165) is 18.4 Å². The van der Waals surface area contributed by atoms with Gasteiger partial charge < -0.3 is 10.6 Å². The van der Waals surface area contributed by atoms with Gasteiger partial charge in [0.05, 0.1) is 5.41 Å². The molecular weight excluding hydrogens is 288 g/mol. The second-order valence-electron chi connectivity index (χ2n) is 5.79. The summed E-state index contributed by atoms with van der Waals surface area (Å²) in [7, 11) is 0. The molecule has 0 aromatic heterocycles. The molecule has 1 aromatic rings. The van der Waals surface area contributed by atoms with Gasteiger partial charge in [-0.3, -0.25) is 9.59 Å². The van der Waals surface area contributed by atoms with E-state index < -0.39 is 5.41 Å². The molecule has 1 aliphatic rings. The fourth-order valence-corrected chi connectivity index (χ4v) is 2.48. The summed E-state index contributed by atoms with van der Waals surface area (Å²) in [5, 5.41) is 6.33. The van der Waals surface area contributed by atoms with Crippen LogP contribution in [0.4, 0.5) is 0 Å². The zero-order chi connectivity index (χ0) is 15.5. The number of hydrogen-bond donors (Lipinski definition) is 2. The Morgan fingerprint density at radius 1 is 1.24 bits per heavy atom. The zero-order valence-corrected chi connectivity index (χ0v) is 13.2. The molecule has 0 spiro atoms. The van der Waals surface area contributed by atoms with Gasteiger partial charge >= 0.3 is 0 Å². The Morgan fingerprint density at radius 2 is 1.90 bits per heavy atom. The van der Waals surface area contributed by atoms with Crippen molar-refractivity contribution in [1.29, 1.82) is 0 Å². The Balaban J connectivity index is 1.85. The third-order valence-electron chi connectivity index (χ3n) is 3.80. The van der Waals surface area contributed by atoms with Crippen LogP contribution in [0, 0.1) is 5.92 Å². The fourth-order valence-electron chi connectivity index (χ4n) is 2.29. The van der Waals surface area contributed by atoms with Gasteiger partial charge in [0, 0.05) is 24.0 Å². The van der Waals surface area contributed by atoms with E-state index >= 15 is 0 Å². The summed E-state index contributed by atoms with van der Waals surface area (Å²) in [6.07, 6.45) is 1.69. The van der Waals surface area contributed by atoms with Crippen molar-refractivity contribution >= 4 is 23.4 Å². The monoisotopic (exact) mass is 308 g/mol. The highest BCUT2D eigenvalue weighted by atomic mass is 35.5. The number of halogens is 1. The van der Waals surface area contributed by atoms with Crippen molar-refractivity contribution in [2.24, 2.45) is 5.92 Å². The first-order valence-corrected chi connectivity index (χ1v) is 7.65. The molecule has 2 rings (SSSR count). The summed E-state index contributed by atoms with van der Waals surface area (Å²) in [5.74, 6) is -0.0225. The molecule has 2 N–H and O–H groups in total. The van der Waals surface area contributed by atoms with Crippen molar-refractivity contribution in [2.75, 3.05) is 13.1 Å². The largest absolute Gasteiger partial charge is 0.354 e. The smallest absolute Gasteiger partial charge is 0.230 e. The molecule has 5 heteroatoms. The predicted octanol–water partition coefficient (Wildman–Crippen LogP) is 2.26. The Labute approximate surface area is 130 Å². The number of nitrogens with one attached hydrogen (secondary N) is 2. The average molecular weight is 309 g/mol. The van der Waals surface area contributed by atoms with Gasteiger partial charge in [-0.1, -0.05) is 37.6 Å². The molecule has 21 heavy (non-hydrogen) atoms. The second-order valence-corrected chi connectivity index (χ2v) is 6.23. The number of hydrogen-bond acceptors (Lipinski definition) is 2. The third-order valence-corrected chi connectivity index (χ3v) is 4.03. The van der Waals surface area contributed by atoms with Crippen LogP contribution >= 0.6 is 11.6 Å². The summed E-state index contributed by atoms with van der Waals surface area (Å²) in [4.78, 5) is 23.8. The first kappa shape index (κ1) is 15.8. The van der Waals surface area contributed by atoms with Crippen LogP contribution < -0.4 is 10.6 Å². The van der Waals surface area contributed by atoms with E-state index in [1.54, 1.807) is 6.07 Å². The molecule has 0 aliphatic heterocycles. The van der Waals surface area contributed by atoms with Gasteiger partial charge in [0.15, 0.2) is 0 Å². The molecule has 0 unspecified atom stereocenters. The molecule has 1 saturated carbocycles. The van der Waals surface area contributed by atoms with Gasteiger partial charge in [0.1, 0.15) is 0 Å². The highest BCUT2D eigenvalue weighted by Crippen LogP contribution is 2.48. The summed E-state index contributed by atoms with van der Waals surface area (Å²) in [6, 6.07) is 7.47. The molecule has 1 fully saturated rings. The molecular formula is C16H21ClN2O2. The van der Waals surface area contributed by atoms with E-state index in [9.17, 15) is 9.59 Å². The highest BCUT2D eigenvalue weighted by molar-refractivity contribution is 6.30. The van der Waals surface area contributed by atoms with Crippen molar-refractivity contribution < 1.29 is 9.59 Å². The number of carbonyl (C=O) groups is 2. The Kier molecular flexibility index (Phi) is 4.88. The molecule has 0 bridgehead atoms. The third kappa shape index (κ3) is 3.76. The van der Waals surface area contributed by atoms with Gasteiger partial charge in [0.2, 0.25) is 11.8 Å². The van der Waals surface area contributed by atoms with E-state index in [0.29, 0.717) is 18.1 Å². The molecule has 0 heterocycles. The van der Waals surface area contributed by atoms with Crippen molar-refractivity contribution in [2.45, 2.75) is 32.1 Å². The van der Waals surface area contributed by atoms with Crippen LogP contribution in [0.3, 0.4) is 0 Å². The van der Waals surface area contributed by atoms with Crippen LogP contribution in [-0.2, 0) is 15.0 Å². The van der Waals surface area contributed by atoms with E-state index in [1.165, 1.54) is 0 Å². The van der Waals surface area contributed by atoms with Gasteiger partial charge in [-0.2, -0.15) is 0 Å². The van der Waals surface area contributed by atoms with Crippen molar-refractivity contribution in [3.63, 3.8) is 0 Å². The quantitative estimate of drug-likeness (QED) is 0.792. The maximum Gasteiger partial charge on any atom is 0.230 e. The molecule has 2 amide bonds. The maximum atomic E-state index is 12.4. The van der Waals surface area contributed by atoms with Crippen LogP contribution in [0.5, 0.6) is 0 Å². The van der Waals surface area contributed by atoms with Crippen LogP contribution in [0.1, 0.15) is 32.3 Å². The van der Waals surface area contributed by atoms with Crippen molar-refractivity contribution in [3.05, 3.63) is 34.9 Å². The lowest BCUT2D eigenvalue weighted by Crippen LogP contribution is -2.40. The van der Waals surface area contributed by atoms with Gasteiger partial charge in [-0.25, -0.2) is 0 Å². The Hall–Kier alpha value is -1.55. The SMILES string of the molecule is CC(C)C(=O)NCCNC(=O)C1(c2cccc(Cl)c2)CC1. The lowest BCUT2D eigenvalue weighted by molar-refractivity contribution is -0.125. The Morgan fingerprint density at radius 3 is 2.48 bits per heavy atom. The summed E-state index contributed by atoms with van der Waals surface area (Å²) >= 11 is 6.00. The normalized spacial score (nSPS) is 15.6. The van der Waals surface area contributed by atoms with E-state index in [-0.39, 0.29) is 17.7 Å². The van der Waals surface area contributed by atoms with Crippen LogP contribution in [0.15, 0.2) is 24.3 Å². The Bertz CT molecular complexity index is 539. The number of amides is 2. The van der Waals surface area contributed by atoms with Crippen molar-refractivity contribution in [1.82, 2.24) is 10.6 Å². The minimum atomic E-state index is -0.424. The van der Waals surface area contributed by atoms with Gasteiger partial charge in [0.25, 0.3) is 0 Å². The summed E-state index contributed by atoms with van der Waals surface area (Å²) < 4.78 is 0. The molecule has 0 atom stereocenters. The predicted molar refractivity (Wildman–Crippen MR) is 83.2 cm³/mol. The first-order valence-electron chi connectivity index (χ1n) is 7.28. The van der Waals surface area contributed by atoms with Crippen LogP contribution in [0.2, 0.25) is 5.02 Å². The van der Waals surface area contributed by atoms with Gasteiger partial charge in [-0.05, 0) is 30.5 Å². The first-order chi connectivity index (χ1) is 9.95. The van der Waals surface area contributed by atoms with E-state index in [1.807, 2.05) is 32.0 Å². The molecule has 1 aromatic carbocycles. The van der Waals surface area contributed by atoms with Gasteiger partial charge in [-0.15, -0.1) is 0 Å². The molecule has 0 saturated heterocycles. The van der Waals surface area contributed by atoms with E-state index in [4.69, 9.17) is 11.6 Å². The van der Waals surface area contributed by atoms with Crippen LogP contribution in [0.25, 0.3) is 0 Å². The highest BCUT2D eigenvalue weighted by Gasteiger charge is 2.51. The lowest BCUT2D eigenvalue weighted by Gasteiger charge is -2.16. The topological polar surface area (TPSA) is 58.2 Å². The van der Waals surface area contributed by atoms with E-state index in [2.05, 4.69) is 10.6 Å². The summed E-state index contributed by atoms with van der Waals surface area (Å²) in [5.41, 5.74) is 0.547.